The number of ether oxygens (including phenoxy) is 1. The summed E-state index contributed by atoms with van der Waals surface area (Å²) in [6.07, 6.45) is 2.59. The van der Waals surface area contributed by atoms with Gasteiger partial charge in [-0.15, -0.1) is 0 Å². The van der Waals surface area contributed by atoms with Gasteiger partial charge in [-0.3, -0.25) is 14.4 Å². The van der Waals surface area contributed by atoms with E-state index in [0.29, 0.717) is 32.4 Å². The number of nitrogens with zero attached hydrogens (tertiary/aromatic N) is 3. The minimum atomic E-state index is -2.81. The first-order valence-corrected chi connectivity index (χ1v) is 17.8. The van der Waals surface area contributed by atoms with E-state index >= 15 is 0 Å². The fourth-order valence-electron chi connectivity index (χ4n) is 7.59. The van der Waals surface area contributed by atoms with E-state index in [9.17, 15) is 24.3 Å². The van der Waals surface area contributed by atoms with Crippen LogP contribution in [0.1, 0.15) is 50.2 Å². The molecule has 4 heterocycles. The molecule has 0 aliphatic carbocycles. The van der Waals surface area contributed by atoms with Gasteiger partial charge in [-0.2, -0.15) is 0 Å². The molecule has 4 atom stereocenters. The van der Waals surface area contributed by atoms with Gasteiger partial charge in [0.15, 0.2) is 13.9 Å². The van der Waals surface area contributed by atoms with Crippen molar-refractivity contribution in [2.24, 2.45) is 5.92 Å². The van der Waals surface area contributed by atoms with Gasteiger partial charge < -0.3 is 29.3 Å². The van der Waals surface area contributed by atoms with Gasteiger partial charge in [-0.1, -0.05) is 19.1 Å². The number of benzene rings is 2. The summed E-state index contributed by atoms with van der Waals surface area (Å²) in [5.41, 5.74) is 2.39. The summed E-state index contributed by atoms with van der Waals surface area (Å²) in [5, 5.41) is 9.86. The highest BCUT2D eigenvalue weighted by Gasteiger charge is 2.66. The van der Waals surface area contributed by atoms with Crippen LogP contribution in [0.2, 0.25) is 18.6 Å². The molecule has 6 rings (SSSR count). The Bertz CT molecular complexity index is 1370. The van der Waals surface area contributed by atoms with Crippen molar-refractivity contribution in [3.8, 4) is 0 Å². The molecule has 4 aliphatic heterocycles. The zero-order chi connectivity index (χ0) is 29.1. The average molecular weight is 578 g/mol. The Labute approximate surface area is 241 Å². The number of carbonyl (C=O) groups is 3. The van der Waals surface area contributed by atoms with E-state index in [2.05, 4.69) is 0 Å². The van der Waals surface area contributed by atoms with Crippen LogP contribution in [0.3, 0.4) is 0 Å². The molecule has 2 aromatic rings. The van der Waals surface area contributed by atoms with Gasteiger partial charge in [0.05, 0.1) is 18.3 Å². The number of anilines is 3. The molecule has 0 saturated carbocycles. The van der Waals surface area contributed by atoms with Crippen molar-refractivity contribution in [2.45, 2.75) is 75.9 Å². The summed E-state index contributed by atoms with van der Waals surface area (Å²) < 4.78 is 6.73. The second kappa shape index (κ2) is 10.3. The van der Waals surface area contributed by atoms with Crippen LogP contribution < -0.4 is 14.7 Å². The molecule has 3 amide bonds. The summed E-state index contributed by atoms with van der Waals surface area (Å²) in [6, 6.07) is 13.5. The van der Waals surface area contributed by atoms with Crippen LogP contribution in [0.25, 0.3) is 0 Å². The summed E-state index contributed by atoms with van der Waals surface area (Å²) in [7, 11) is -2.81. The molecule has 0 aromatic heterocycles. The van der Waals surface area contributed by atoms with E-state index in [1.165, 1.54) is 0 Å². The molecule has 10 heteroatoms. The van der Waals surface area contributed by atoms with Gasteiger partial charge in [0.25, 0.3) is 5.91 Å². The molecular formula is C31H39N3O6Si. The van der Waals surface area contributed by atoms with Gasteiger partial charge in [0.1, 0.15) is 0 Å². The van der Waals surface area contributed by atoms with E-state index in [1.54, 1.807) is 14.7 Å². The van der Waals surface area contributed by atoms with E-state index in [0.717, 1.165) is 47.6 Å². The largest absolute Gasteiger partial charge is 0.432 e. The van der Waals surface area contributed by atoms with Crippen molar-refractivity contribution in [3.05, 3.63) is 53.6 Å². The lowest BCUT2D eigenvalue weighted by atomic mass is 9.82. The summed E-state index contributed by atoms with van der Waals surface area (Å²) in [4.78, 5) is 56.1. The first-order chi connectivity index (χ1) is 19.6. The first-order valence-electron chi connectivity index (χ1n) is 14.7. The van der Waals surface area contributed by atoms with E-state index in [4.69, 9.17) is 4.74 Å². The van der Waals surface area contributed by atoms with Crippen LogP contribution in [0.5, 0.6) is 0 Å². The van der Waals surface area contributed by atoms with Gasteiger partial charge >= 0.3 is 0 Å². The van der Waals surface area contributed by atoms with Crippen LogP contribution in [0.15, 0.2) is 42.5 Å². The molecule has 3 fully saturated rings. The first kappa shape index (κ1) is 28.1. The minimum Gasteiger partial charge on any atom is -0.432 e. The molecule has 1 spiro atoms. The van der Waals surface area contributed by atoms with Crippen LogP contribution in [0, 0.1) is 5.92 Å². The zero-order valence-corrected chi connectivity index (χ0v) is 25.0. The standard InChI is InChI=1S/C31H39N3O6Si/c1-20-29(41(2,3)39)26(14-17-35)40-31(20)24-18-23(33-16-5-7-28(33)37)12-13-25(24)34(30(31)38)19-21-8-10-22(11-9-21)32-15-4-6-27(32)36/h8-13,18,20,26,29,35,39H,4-7,14-17,19H2,1-3H3/t20-,26+,29-,31+/m1/s1. The second-order valence-electron chi connectivity index (χ2n) is 12.4. The second-order valence-corrected chi connectivity index (χ2v) is 16.4. The topological polar surface area (TPSA) is 111 Å². The number of hydrogen-bond acceptors (Lipinski definition) is 6. The fraction of sp³-hybridized carbons (Fsp3) is 0.516. The molecule has 0 unspecified atom stereocenters. The molecule has 4 aliphatic rings. The van der Waals surface area contributed by atoms with Crippen LogP contribution in [-0.2, 0) is 31.3 Å². The van der Waals surface area contributed by atoms with Crippen molar-refractivity contribution in [3.63, 3.8) is 0 Å². The molecule has 9 nitrogen and oxygen atoms in total. The molecule has 0 bridgehead atoms. The van der Waals surface area contributed by atoms with Crippen molar-refractivity contribution in [1.82, 2.24) is 0 Å². The summed E-state index contributed by atoms with van der Waals surface area (Å²) in [6.45, 7) is 7.28. The Kier molecular flexibility index (Phi) is 7.08. The van der Waals surface area contributed by atoms with E-state index in [1.807, 2.05) is 62.5 Å². The third-order valence-electron chi connectivity index (χ3n) is 9.43. The maximum Gasteiger partial charge on any atom is 0.264 e. The SMILES string of the molecule is C[C@@H]1[C@@H]([Si](C)(C)O)[C@H](CCO)O[C@@]12C(=O)N(Cc1ccc(N3CCCC3=O)cc1)c1ccc(N3CCCC3=O)cc12. The highest BCUT2D eigenvalue weighted by Crippen LogP contribution is 2.60. The fourth-order valence-corrected chi connectivity index (χ4v) is 10.2. The van der Waals surface area contributed by atoms with Crippen molar-refractivity contribution in [2.75, 3.05) is 34.4 Å². The molecular weight excluding hydrogens is 538 g/mol. The maximum atomic E-state index is 14.6. The lowest BCUT2D eigenvalue weighted by Crippen LogP contribution is -2.46. The molecule has 3 saturated heterocycles. The zero-order valence-electron chi connectivity index (χ0n) is 24.0. The monoisotopic (exact) mass is 577 g/mol. The van der Waals surface area contributed by atoms with Crippen LogP contribution in [-0.4, -0.2) is 61.7 Å². The number of fused-ring (bicyclic) bond motifs is 2. The number of rotatable bonds is 7. The molecule has 2 aromatic carbocycles. The lowest BCUT2D eigenvalue weighted by Gasteiger charge is -2.32. The van der Waals surface area contributed by atoms with Gasteiger partial charge in [0, 0.05) is 60.9 Å². The van der Waals surface area contributed by atoms with Gasteiger partial charge in [0.2, 0.25) is 11.8 Å². The Balaban J connectivity index is 1.40. The number of aliphatic hydroxyl groups excluding tert-OH is 1. The number of carbonyl (C=O) groups excluding carboxylic acids is 3. The summed E-state index contributed by atoms with van der Waals surface area (Å²) >= 11 is 0. The highest BCUT2D eigenvalue weighted by molar-refractivity contribution is 6.71. The van der Waals surface area contributed by atoms with E-state index in [-0.39, 0.29) is 35.8 Å². The third-order valence-corrected chi connectivity index (χ3v) is 11.9. The Morgan fingerprint density at radius 3 is 2.12 bits per heavy atom. The normalized spacial score (nSPS) is 28.1. The minimum absolute atomic E-state index is 0.0667. The van der Waals surface area contributed by atoms with E-state index < -0.39 is 20.0 Å². The van der Waals surface area contributed by atoms with Crippen molar-refractivity contribution in [1.29, 1.82) is 0 Å². The number of aliphatic hydroxyl groups is 1. The van der Waals surface area contributed by atoms with Crippen LogP contribution in [0.4, 0.5) is 17.1 Å². The lowest BCUT2D eigenvalue weighted by molar-refractivity contribution is -0.146. The van der Waals surface area contributed by atoms with Crippen molar-refractivity contribution < 1.29 is 29.0 Å². The predicted octanol–water partition coefficient (Wildman–Crippen LogP) is 3.67. The Hall–Kier alpha value is -3.05. The molecule has 2 N–H and O–H groups in total. The summed E-state index contributed by atoms with van der Waals surface area (Å²) in [5.74, 6) is -0.329. The number of amides is 3. The molecule has 218 valence electrons. The van der Waals surface area contributed by atoms with Crippen molar-refractivity contribution >= 4 is 43.1 Å². The average Bonchev–Trinajstić information content (AvgIpc) is 3.68. The smallest absolute Gasteiger partial charge is 0.264 e. The Morgan fingerprint density at radius 2 is 1.56 bits per heavy atom. The highest BCUT2D eigenvalue weighted by atomic mass is 28.4. The quantitative estimate of drug-likeness (QED) is 0.486. The maximum absolute atomic E-state index is 14.6. The third kappa shape index (κ3) is 4.52. The molecule has 41 heavy (non-hydrogen) atoms. The van der Waals surface area contributed by atoms with Gasteiger partial charge in [-0.05, 0) is 68.3 Å². The number of hydrogen-bond donors (Lipinski definition) is 2. The predicted molar refractivity (Wildman–Crippen MR) is 158 cm³/mol. The molecule has 0 radical (unpaired) electrons. The van der Waals surface area contributed by atoms with Crippen LogP contribution >= 0.6 is 0 Å². The van der Waals surface area contributed by atoms with Gasteiger partial charge in [-0.25, -0.2) is 0 Å². The Morgan fingerprint density at radius 1 is 0.951 bits per heavy atom.